The van der Waals surface area contributed by atoms with Crippen molar-refractivity contribution in [2.45, 2.75) is 24.7 Å². The highest BCUT2D eigenvalue weighted by molar-refractivity contribution is 7.93. The van der Waals surface area contributed by atoms with E-state index in [1.807, 2.05) is 0 Å². The number of hydrogen-bond donors (Lipinski definition) is 2. The molecule has 4 aromatic rings. The first-order valence-corrected chi connectivity index (χ1v) is 14.5. The molecule has 0 fully saturated rings. The highest BCUT2D eigenvalue weighted by Crippen LogP contribution is 2.28. The lowest BCUT2D eigenvalue weighted by molar-refractivity contribution is -0.140. The first-order valence-electron chi connectivity index (χ1n) is 12.6. The number of nitrogens with one attached hydrogen (secondary N) is 1. The number of nitrogens with two attached hydrogens (primary N) is 1. The summed E-state index contributed by atoms with van der Waals surface area (Å²) in [6.45, 7) is 1.80. The Morgan fingerprint density at radius 3 is 2.49 bits per heavy atom. The maximum absolute atomic E-state index is 13.4. The van der Waals surface area contributed by atoms with E-state index in [0.717, 1.165) is 11.3 Å². The molecule has 2 heterocycles. The molecule has 4 rings (SSSR count). The molecule has 1 atom stereocenters. The zero-order chi connectivity index (χ0) is 29.7. The van der Waals surface area contributed by atoms with E-state index in [4.69, 9.17) is 5.73 Å². The van der Waals surface area contributed by atoms with Crippen LogP contribution in [0.25, 0.3) is 11.1 Å². The summed E-state index contributed by atoms with van der Waals surface area (Å²) >= 11 is 0. The van der Waals surface area contributed by atoms with Crippen molar-refractivity contribution in [3.05, 3.63) is 89.4 Å². The van der Waals surface area contributed by atoms with E-state index in [2.05, 4.69) is 24.5 Å². The van der Waals surface area contributed by atoms with Crippen LogP contribution in [0.3, 0.4) is 0 Å². The number of nitrogen functional groups attached to an aromatic ring is 1. The molecule has 1 unspecified atom stereocenters. The van der Waals surface area contributed by atoms with Gasteiger partial charge in [0.2, 0.25) is 0 Å². The lowest BCUT2D eigenvalue weighted by atomic mass is 10.0. The monoisotopic (exact) mass is 574 g/mol. The number of carbonyl (C=O) groups excluding carboxylic acids is 3. The molecule has 0 aliphatic rings. The van der Waals surface area contributed by atoms with Crippen LogP contribution in [-0.2, 0) is 32.7 Å². The summed E-state index contributed by atoms with van der Waals surface area (Å²) in [5, 5.41) is 7.04. The van der Waals surface area contributed by atoms with Crippen molar-refractivity contribution in [3.8, 4) is 11.1 Å². The minimum Gasteiger partial charge on any atom is -0.469 e. The smallest absolute Gasteiger partial charge is 0.305 e. The molecule has 212 valence electrons. The van der Waals surface area contributed by atoms with Crippen molar-refractivity contribution in [3.63, 3.8) is 0 Å². The van der Waals surface area contributed by atoms with Gasteiger partial charge >= 0.3 is 5.97 Å². The van der Waals surface area contributed by atoms with Gasteiger partial charge in [-0.2, -0.15) is 9.46 Å². The third-order valence-electron chi connectivity index (χ3n) is 6.29. The fraction of sp³-hybridized carbons (Fsp3) is 0.207. The Labute approximate surface area is 237 Å². The van der Waals surface area contributed by atoms with Crippen molar-refractivity contribution in [2.75, 3.05) is 24.4 Å². The zero-order valence-corrected chi connectivity index (χ0v) is 23.9. The number of nitrogens with zero attached hydrogens (tertiary/aromatic N) is 4. The third kappa shape index (κ3) is 7.03. The maximum atomic E-state index is 13.4. The van der Waals surface area contributed by atoms with Gasteiger partial charge in [-0.15, -0.1) is 0 Å². The summed E-state index contributed by atoms with van der Waals surface area (Å²) < 4.78 is 23.5. The average molecular weight is 575 g/mol. The fourth-order valence-corrected chi connectivity index (χ4v) is 5.30. The summed E-state index contributed by atoms with van der Waals surface area (Å²) in [5.41, 5.74) is 9.82. The standard InChI is InChI=1S/C29H30N6O5S/c1-18-14-25(35(2)33-18)29(38)32-22-7-5-6-20(15-22)24-16-21(17-31-27(24)30)28(37)34-41(4,39)23-11-8-19(9-12-23)10-13-26(36)40-3/h5-9,11-12,14-17H,10,13H2,1-4H3,(H2,30,31)(H,32,38). The molecule has 0 saturated heterocycles. The van der Waals surface area contributed by atoms with Gasteiger partial charge < -0.3 is 15.8 Å². The van der Waals surface area contributed by atoms with Crippen molar-refractivity contribution < 1.29 is 23.3 Å². The zero-order valence-electron chi connectivity index (χ0n) is 23.1. The summed E-state index contributed by atoms with van der Waals surface area (Å²) in [7, 11) is -0.0546. The number of amides is 2. The molecular formula is C29H30N6O5S. The van der Waals surface area contributed by atoms with Gasteiger partial charge in [-0.25, -0.2) is 9.19 Å². The predicted octanol–water partition coefficient (Wildman–Crippen LogP) is 4.03. The molecule has 0 aliphatic heterocycles. The predicted molar refractivity (Wildman–Crippen MR) is 156 cm³/mol. The molecule has 2 aromatic carbocycles. The van der Waals surface area contributed by atoms with Crippen molar-refractivity contribution in [1.82, 2.24) is 14.8 Å². The Morgan fingerprint density at radius 1 is 1.10 bits per heavy atom. The van der Waals surface area contributed by atoms with Crippen LogP contribution in [0, 0.1) is 6.92 Å². The molecule has 3 N–H and O–H groups in total. The van der Waals surface area contributed by atoms with Gasteiger partial charge in [-0.1, -0.05) is 24.3 Å². The number of ether oxygens (including phenoxy) is 1. The third-order valence-corrected chi connectivity index (χ3v) is 7.96. The molecular weight excluding hydrogens is 544 g/mol. The van der Waals surface area contributed by atoms with Crippen LogP contribution in [0.2, 0.25) is 0 Å². The second kappa shape index (κ2) is 12.1. The Bertz CT molecular complexity index is 1750. The average Bonchev–Trinajstić information content (AvgIpc) is 3.29. The SMILES string of the molecule is COC(=O)CCc1ccc(S(C)(=O)=NC(=O)c2cnc(N)c(-c3cccc(NC(=O)c4cc(C)nn4C)c3)c2)cc1. The molecule has 41 heavy (non-hydrogen) atoms. The molecule has 2 aromatic heterocycles. The fourth-order valence-electron chi connectivity index (χ4n) is 4.13. The summed E-state index contributed by atoms with van der Waals surface area (Å²) in [5.74, 6) is -1.18. The molecule has 11 nitrogen and oxygen atoms in total. The van der Waals surface area contributed by atoms with Gasteiger partial charge in [-0.05, 0) is 60.9 Å². The summed E-state index contributed by atoms with van der Waals surface area (Å²) in [6.07, 6.45) is 3.37. The van der Waals surface area contributed by atoms with E-state index in [-0.39, 0.29) is 29.7 Å². The van der Waals surface area contributed by atoms with Gasteiger partial charge in [0.15, 0.2) is 0 Å². The van der Waals surface area contributed by atoms with E-state index in [9.17, 15) is 18.6 Å². The Hall–Kier alpha value is -4.84. The van der Waals surface area contributed by atoms with Crippen LogP contribution in [0.4, 0.5) is 11.5 Å². The number of rotatable bonds is 8. The van der Waals surface area contributed by atoms with Gasteiger partial charge in [-0.3, -0.25) is 19.1 Å². The van der Waals surface area contributed by atoms with Crippen LogP contribution in [0.5, 0.6) is 0 Å². The summed E-state index contributed by atoms with van der Waals surface area (Å²) in [6, 6.07) is 16.9. The molecule has 0 radical (unpaired) electrons. The number of hydrogen-bond acceptors (Lipinski definition) is 8. The maximum Gasteiger partial charge on any atom is 0.305 e. The highest BCUT2D eigenvalue weighted by Gasteiger charge is 2.16. The van der Waals surface area contributed by atoms with Crippen LogP contribution in [0.1, 0.15) is 38.5 Å². The first kappa shape index (κ1) is 29.2. The van der Waals surface area contributed by atoms with E-state index in [1.54, 1.807) is 68.6 Å². The minimum absolute atomic E-state index is 0.110. The number of anilines is 2. The van der Waals surface area contributed by atoms with Crippen molar-refractivity contribution in [1.29, 1.82) is 0 Å². The van der Waals surface area contributed by atoms with Crippen LogP contribution < -0.4 is 11.1 Å². The van der Waals surface area contributed by atoms with Gasteiger partial charge in [0.25, 0.3) is 11.8 Å². The van der Waals surface area contributed by atoms with E-state index >= 15 is 0 Å². The number of carbonyl (C=O) groups is 3. The van der Waals surface area contributed by atoms with Crippen molar-refractivity contribution >= 4 is 39.0 Å². The normalized spacial score (nSPS) is 12.3. The lowest BCUT2D eigenvalue weighted by Gasteiger charge is -2.10. The molecule has 0 saturated carbocycles. The number of methoxy groups -OCH3 is 1. The number of aromatic nitrogens is 3. The second-order valence-corrected chi connectivity index (χ2v) is 11.7. The minimum atomic E-state index is -3.08. The van der Waals surface area contributed by atoms with Crippen molar-refractivity contribution in [2.24, 2.45) is 11.4 Å². The molecule has 0 bridgehead atoms. The van der Waals surface area contributed by atoms with Gasteiger partial charge in [0, 0.05) is 42.1 Å². The number of benzene rings is 2. The Kier molecular flexibility index (Phi) is 8.62. The Morgan fingerprint density at radius 2 is 1.83 bits per heavy atom. The van der Waals surface area contributed by atoms with E-state index in [1.165, 1.54) is 30.3 Å². The highest BCUT2D eigenvalue weighted by atomic mass is 32.2. The Balaban J connectivity index is 1.55. The summed E-state index contributed by atoms with van der Waals surface area (Å²) in [4.78, 5) is 41.7. The second-order valence-electron chi connectivity index (χ2n) is 9.41. The number of pyridine rings is 1. The van der Waals surface area contributed by atoms with E-state index < -0.39 is 15.6 Å². The van der Waals surface area contributed by atoms with E-state index in [0.29, 0.717) is 33.8 Å². The lowest BCUT2D eigenvalue weighted by Crippen LogP contribution is -2.16. The quantitative estimate of drug-likeness (QED) is 0.299. The molecule has 0 aliphatic carbocycles. The van der Waals surface area contributed by atoms with Gasteiger partial charge in [0.1, 0.15) is 11.5 Å². The number of aryl methyl sites for hydroxylation is 3. The molecule has 0 spiro atoms. The topological polar surface area (TPSA) is 159 Å². The van der Waals surface area contributed by atoms with Crippen LogP contribution in [0.15, 0.2) is 76.1 Å². The van der Waals surface area contributed by atoms with Gasteiger partial charge in [0.05, 0.1) is 28.1 Å². The first-order chi connectivity index (χ1) is 19.5. The largest absolute Gasteiger partial charge is 0.469 e. The van der Waals surface area contributed by atoms with Crippen LogP contribution >= 0.6 is 0 Å². The molecule has 2 amide bonds. The number of esters is 1. The van der Waals surface area contributed by atoms with Crippen LogP contribution in [-0.4, -0.2) is 50.1 Å². The molecule has 12 heteroatoms.